The highest BCUT2D eigenvalue weighted by Gasteiger charge is 2.35. The van der Waals surface area contributed by atoms with Crippen LogP contribution in [0, 0.1) is 0 Å². The molecule has 0 radical (unpaired) electrons. The number of hydrogen-bond acceptors (Lipinski definition) is 3. The first kappa shape index (κ1) is 13.4. The van der Waals surface area contributed by atoms with E-state index >= 15 is 0 Å². The Labute approximate surface area is 120 Å². The van der Waals surface area contributed by atoms with Gasteiger partial charge in [0.1, 0.15) is 0 Å². The van der Waals surface area contributed by atoms with E-state index in [1.807, 2.05) is 18.2 Å². The second kappa shape index (κ2) is 5.83. The minimum Gasteiger partial charge on any atom is -0.381 e. The summed E-state index contributed by atoms with van der Waals surface area (Å²) < 4.78 is 0. The molecular formula is C16H23N3O. The molecule has 2 fully saturated rings. The van der Waals surface area contributed by atoms with Gasteiger partial charge in [0.05, 0.1) is 0 Å². The van der Waals surface area contributed by atoms with Crippen LogP contribution >= 0.6 is 0 Å². The summed E-state index contributed by atoms with van der Waals surface area (Å²) in [6.45, 7) is 2.46. The summed E-state index contributed by atoms with van der Waals surface area (Å²) in [4.78, 5) is 14.3. The van der Waals surface area contributed by atoms with Gasteiger partial charge in [0.15, 0.2) is 0 Å². The molecule has 0 saturated carbocycles. The van der Waals surface area contributed by atoms with Crippen LogP contribution in [0.15, 0.2) is 24.3 Å². The second-order valence-electron chi connectivity index (χ2n) is 5.80. The smallest absolute Gasteiger partial charge is 0.251 e. The zero-order valence-corrected chi connectivity index (χ0v) is 12.1. The Kier molecular flexibility index (Phi) is 3.92. The molecule has 20 heavy (non-hydrogen) atoms. The van der Waals surface area contributed by atoms with Gasteiger partial charge in [0.2, 0.25) is 0 Å². The first-order valence-electron chi connectivity index (χ1n) is 7.60. The van der Waals surface area contributed by atoms with Crippen LogP contribution in [0.1, 0.15) is 36.0 Å². The van der Waals surface area contributed by atoms with Crippen LogP contribution in [0.5, 0.6) is 0 Å². The molecular weight excluding hydrogens is 250 g/mol. The molecule has 4 nitrogen and oxygen atoms in total. The molecule has 0 bridgehead atoms. The first-order chi connectivity index (χ1) is 9.78. The quantitative estimate of drug-likeness (QED) is 0.886. The van der Waals surface area contributed by atoms with Crippen LogP contribution in [0.3, 0.4) is 0 Å². The highest BCUT2D eigenvalue weighted by molar-refractivity contribution is 5.94. The van der Waals surface area contributed by atoms with E-state index in [4.69, 9.17) is 0 Å². The summed E-state index contributed by atoms with van der Waals surface area (Å²) in [6.07, 6.45) is 5.19. The van der Waals surface area contributed by atoms with E-state index in [9.17, 15) is 4.79 Å². The summed E-state index contributed by atoms with van der Waals surface area (Å²) >= 11 is 0. The van der Waals surface area contributed by atoms with Crippen molar-refractivity contribution >= 4 is 11.6 Å². The van der Waals surface area contributed by atoms with E-state index in [-0.39, 0.29) is 5.91 Å². The molecule has 0 aromatic heterocycles. The van der Waals surface area contributed by atoms with Crippen molar-refractivity contribution in [2.75, 3.05) is 25.5 Å². The number of carbonyl (C=O) groups is 1. The number of rotatable bonds is 3. The predicted octanol–water partition coefficient (Wildman–Crippen LogP) is 2.08. The molecule has 3 rings (SSSR count). The Morgan fingerprint density at radius 2 is 2.15 bits per heavy atom. The lowest BCUT2D eigenvalue weighted by Crippen LogP contribution is -2.41. The van der Waals surface area contributed by atoms with E-state index in [2.05, 4.69) is 21.6 Å². The van der Waals surface area contributed by atoms with E-state index < -0.39 is 0 Å². The van der Waals surface area contributed by atoms with Gasteiger partial charge in [-0.2, -0.15) is 0 Å². The van der Waals surface area contributed by atoms with Crippen molar-refractivity contribution in [3.63, 3.8) is 0 Å². The maximum absolute atomic E-state index is 11.7. The van der Waals surface area contributed by atoms with Gasteiger partial charge in [0, 0.05) is 36.9 Å². The molecule has 0 aliphatic carbocycles. The van der Waals surface area contributed by atoms with Gasteiger partial charge in [-0.15, -0.1) is 0 Å². The number of carbonyl (C=O) groups excluding carboxylic acids is 1. The molecule has 108 valence electrons. The first-order valence-corrected chi connectivity index (χ1v) is 7.60. The number of nitrogens with one attached hydrogen (secondary N) is 2. The van der Waals surface area contributed by atoms with Crippen LogP contribution in [0.2, 0.25) is 0 Å². The SMILES string of the molecule is CNC(=O)c1cccc(NC2CCN3CCCCC23)c1. The minimum absolute atomic E-state index is 0.0284. The Morgan fingerprint density at radius 3 is 3.00 bits per heavy atom. The Morgan fingerprint density at radius 1 is 1.25 bits per heavy atom. The highest BCUT2D eigenvalue weighted by atomic mass is 16.1. The fourth-order valence-corrected chi connectivity index (χ4v) is 3.52. The fraction of sp³-hybridized carbons (Fsp3) is 0.562. The lowest BCUT2D eigenvalue weighted by Gasteiger charge is -2.33. The van der Waals surface area contributed by atoms with Gasteiger partial charge in [-0.05, 0) is 44.0 Å². The number of fused-ring (bicyclic) bond motifs is 1. The van der Waals surface area contributed by atoms with Crippen molar-refractivity contribution in [1.29, 1.82) is 0 Å². The summed E-state index contributed by atoms with van der Waals surface area (Å²) in [7, 11) is 1.67. The number of piperidine rings is 1. The van der Waals surface area contributed by atoms with E-state index in [0.717, 1.165) is 11.3 Å². The molecule has 2 heterocycles. The average molecular weight is 273 g/mol. The van der Waals surface area contributed by atoms with Crippen molar-refractivity contribution in [3.05, 3.63) is 29.8 Å². The van der Waals surface area contributed by atoms with Crippen molar-refractivity contribution in [1.82, 2.24) is 10.2 Å². The lowest BCUT2D eigenvalue weighted by molar-refractivity contribution is 0.0963. The van der Waals surface area contributed by atoms with Crippen LogP contribution in [-0.4, -0.2) is 43.0 Å². The molecule has 1 amide bonds. The predicted molar refractivity (Wildman–Crippen MR) is 81.1 cm³/mol. The summed E-state index contributed by atoms with van der Waals surface area (Å²) in [5.74, 6) is -0.0284. The number of anilines is 1. The summed E-state index contributed by atoms with van der Waals surface area (Å²) in [5.41, 5.74) is 1.78. The molecule has 2 unspecified atom stereocenters. The molecule has 2 aliphatic rings. The molecule has 2 N–H and O–H groups in total. The molecule has 2 aliphatic heterocycles. The van der Waals surface area contributed by atoms with E-state index in [1.165, 1.54) is 38.8 Å². The fourth-order valence-electron chi connectivity index (χ4n) is 3.52. The Balaban J connectivity index is 1.70. The Bertz CT molecular complexity index is 488. The van der Waals surface area contributed by atoms with Gasteiger partial charge >= 0.3 is 0 Å². The van der Waals surface area contributed by atoms with E-state index in [0.29, 0.717) is 12.1 Å². The summed E-state index contributed by atoms with van der Waals surface area (Å²) in [5, 5.41) is 6.31. The summed E-state index contributed by atoms with van der Waals surface area (Å²) in [6, 6.07) is 9.00. The van der Waals surface area contributed by atoms with Crippen molar-refractivity contribution in [3.8, 4) is 0 Å². The third kappa shape index (κ3) is 2.66. The largest absolute Gasteiger partial charge is 0.381 e. The van der Waals surface area contributed by atoms with Crippen LogP contribution < -0.4 is 10.6 Å². The monoisotopic (exact) mass is 273 g/mol. The Hall–Kier alpha value is -1.55. The normalized spacial score (nSPS) is 26.1. The minimum atomic E-state index is -0.0284. The number of benzene rings is 1. The molecule has 2 saturated heterocycles. The van der Waals surface area contributed by atoms with Crippen molar-refractivity contribution in [2.45, 2.75) is 37.8 Å². The van der Waals surface area contributed by atoms with Crippen LogP contribution in [-0.2, 0) is 0 Å². The van der Waals surface area contributed by atoms with Gasteiger partial charge < -0.3 is 10.6 Å². The molecule has 0 spiro atoms. The van der Waals surface area contributed by atoms with Gasteiger partial charge in [0.25, 0.3) is 5.91 Å². The number of nitrogens with zero attached hydrogens (tertiary/aromatic N) is 1. The van der Waals surface area contributed by atoms with Crippen LogP contribution in [0.4, 0.5) is 5.69 Å². The molecule has 4 heteroatoms. The van der Waals surface area contributed by atoms with Crippen LogP contribution in [0.25, 0.3) is 0 Å². The third-order valence-corrected chi connectivity index (χ3v) is 4.56. The van der Waals surface area contributed by atoms with Crippen molar-refractivity contribution in [2.24, 2.45) is 0 Å². The van der Waals surface area contributed by atoms with Crippen molar-refractivity contribution < 1.29 is 4.79 Å². The van der Waals surface area contributed by atoms with E-state index in [1.54, 1.807) is 7.05 Å². The standard InChI is InChI=1S/C16H23N3O/c1-17-16(20)12-5-4-6-13(11-12)18-14-8-10-19-9-3-2-7-15(14)19/h4-6,11,14-15,18H,2-3,7-10H2,1H3,(H,17,20). The van der Waals surface area contributed by atoms with Gasteiger partial charge in [-0.3, -0.25) is 9.69 Å². The maximum Gasteiger partial charge on any atom is 0.251 e. The average Bonchev–Trinajstić information content (AvgIpc) is 2.90. The number of hydrogen-bond donors (Lipinski definition) is 2. The zero-order valence-electron chi connectivity index (χ0n) is 12.1. The zero-order chi connectivity index (χ0) is 13.9. The highest BCUT2D eigenvalue weighted by Crippen LogP contribution is 2.29. The second-order valence-corrected chi connectivity index (χ2v) is 5.80. The van der Waals surface area contributed by atoms with Gasteiger partial charge in [-0.1, -0.05) is 12.5 Å². The molecule has 2 atom stereocenters. The van der Waals surface area contributed by atoms with Gasteiger partial charge in [-0.25, -0.2) is 0 Å². The molecule has 1 aromatic rings. The maximum atomic E-state index is 11.7. The third-order valence-electron chi connectivity index (χ3n) is 4.56. The lowest BCUT2D eigenvalue weighted by atomic mass is 9.99. The topological polar surface area (TPSA) is 44.4 Å². The number of amides is 1. The molecule has 1 aromatic carbocycles.